The molecule has 0 fully saturated rings. The number of aromatic amines is 2. The van der Waals surface area contributed by atoms with E-state index in [1.165, 1.54) is 0 Å². The van der Waals surface area contributed by atoms with Crippen molar-refractivity contribution in [1.29, 1.82) is 0 Å². The molecule has 362 valence electrons. The summed E-state index contributed by atoms with van der Waals surface area (Å²) in [7, 11) is 0. The van der Waals surface area contributed by atoms with Gasteiger partial charge in [-0.15, -0.1) is 0 Å². The molecular weight excluding hydrogens is 913 g/mol. The molecule has 2 N–H and O–H groups in total. The minimum absolute atomic E-state index is 0.0362. The van der Waals surface area contributed by atoms with E-state index in [1.54, 1.807) is 48.6 Å². The van der Waals surface area contributed by atoms with Crippen LogP contribution in [0.4, 0.5) is 0 Å². The number of aromatic nitrogens is 8. The van der Waals surface area contributed by atoms with Gasteiger partial charge >= 0.3 is 0 Å². The van der Waals surface area contributed by atoms with Gasteiger partial charge in [0.05, 0.1) is 21.9 Å². The molecule has 8 bridgehead atoms. The van der Waals surface area contributed by atoms with E-state index >= 15 is 0 Å². The highest BCUT2D eigenvalue weighted by atomic mass is 16.6. The molecule has 16 heteroatoms. The molecule has 2 aliphatic rings. The second-order valence-electron chi connectivity index (χ2n) is 15.6. The van der Waals surface area contributed by atoms with Gasteiger partial charge in [-0.05, 0) is 0 Å². The van der Waals surface area contributed by atoms with Crippen molar-refractivity contribution in [2.45, 2.75) is 0 Å². The summed E-state index contributed by atoms with van der Waals surface area (Å²) in [6.07, 6.45) is 12.9. The summed E-state index contributed by atoms with van der Waals surface area (Å²) >= 11 is 0. The first-order valence-corrected chi connectivity index (χ1v) is 22.8. The summed E-state index contributed by atoms with van der Waals surface area (Å²) in [5.41, 5.74) is 3.55. The highest BCUT2D eigenvalue weighted by molar-refractivity contribution is 6.15. The number of nitrogens with one attached hydrogen (secondary N) is 2. The molecule has 2 aliphatic heterocycles. The second-order valence-corrected chi connectivity index (χ2v) is 15.6. The van der Waals surface area contributed by atoms with Crippen LogP contribution in [0.25, 0.3) is 89.7 Å². The Labute approximate surface area is 414 Å². The fourth-order valence-electron chi connectivity index (χ4n) is 8.20. The normalized spacial score (nSPS) is 11.1. The minimum atomic E-state index is 0.0362. The van der Waals surface area contributed by atoms with E-state index < -0.39 is 0 Å². The predicted molar refractivity (Wildman–Crippen MR) is 282 cm³/mol. The van der Waals surface area contributed by atoms with Crippen LogP contribution < -0.4 is 37.9 Å². The van der Waals surface area contributed by atoms with Crippen molar-refractivity contribution in [3.63, 3.8) is 0 Å². The Morgan fingerprint density at radius 1 is 0.319 bits per heavy atom. The standard InChI is InChI=1S/C56H50N8O8/c1-9-25-65-41-37-39(43(67-27-11-3)47(71-31-15-7)45(41)69-29-13-5)55-62-53(37)60-51-35-23-19-17-21-33(35)49(58-51)57-50-34-22-18-20-24-36(34)52(59-50)61-54-38-40(56(63-54)64-55)44(68-28-12-4)48(72-32-16-8)46(70-30-14-6)42(38)66-26-10-2/h9-24H,1-8,25-32H2,(H2,57,58,59,60,61,62,63,64). The van der Waals surface area contributed by atoms with Crippen LogP contribution in [0.5, 0.6) is 46.0 Å². The SMILES string of the molecule is C=CCOc1c(OCC=C)c(OCC=C)c2c(c1OCC=C)-c1nc-2nc2[nH]c(nc3nc(nc4[nH]c(n1)c1ccccc41)-c1ccccc1-3)c1c(OCC=C)c(OCC=C)c(OCC=C)c(OCC=C)c21. The van der Waals surface area contributed by atoms with Gasteiger partial charge in [0, 0.05) is 21.9 Å². The maximum absolute atomic E-state index is 6.59. The van der Waals surface area contributed by atoms with Crippen molar-refractivity contribution in [1.82, 2.24) is 39.9 Å². The Hall–Kier alpha value is -9.44. The van der Waals surface area contributed by atoms with Gasteiger partial charge < -0.3 is 47.9 Å². The van der Waals surface area contributed by atoms with E-state index in [2.05, 4.69) is 62.6 Å². The molecule has 0 spiro atoms. The molecule has 0 unspecified atom stereocenters. The zero-order valence-electron chi connectivity index (χ0n) is 39.5. The number of ether oxygens (including phenoxy) is 8. The smallest absolute Gasteiger partial charge is 0.208 e. The van der Waals surface area contributed by atoms with Crippen LogP contribution in [-0.2, 0) is 0 Å². The summed E-state index contributed by atoms with van der Waals surface area (Å²) < 4.78 is 52.0. The highest BCUT2D eigenvalue weighted by Crippen LogP contribution is 2.59. The van der Waals surface area contributed by atoms with E-state index in [1.807, 2.05) is 48.5 Å². The van der Waals surface area contributed by atoms with E-state index in [-0.39, 0.29) is 122 Å². The van der Waals surface area contributed by atoms with Gasteiger partial charge in [0.25, 0.3) is 0 Å². The third-order valence-corrected chi connectivity index (χ3v) is 10.9. The second kappa shape index (κ2) is 21.5. The first-order chi connectivity index (χ1) is 35.4. The van der Waals surface area contributed by atoms with Crippen LogP contribution in [0.3, 0.4) is 0 Å². The fraction of sp³-hybridized carbons (Fsp3) is 0.143. The maximum Gasteiger partial charge on any atom is 0.208 e. The molecule has 0 saturated carbocycles. The molecule has 0 radical (unpaired) electrons. The monoisotopic (exact) mass is 962 g/mol. The third-order valence-electron chi connectivity index (χ3n) is 10.9. The predicted octanol–water partition coefficient (Wildman–Crippen LogP) is 11.4. The number of hydrogen-bond acceptors (Lipinski definition) is 14. The summed E-state index contributed by atoms with van der Waals surface area (Å²) in [6.45, 7) is 31.8. The van der Waals surface area contributed by atoms with Crippen LogP contribution >= 0.6 is 0 Å². The van der Waals surface area contributed by atoms with Gasteiger partial charge in [-0.25, -0.2) is 29.9 Å². The first-order valence-electron chi connectivity index (χ1n) is 22.8. The Morgan fingerprint density at radius 3 is 0.986 bits per heavy atom. The molecule has 9 rings (SSSR count). The Kier molecular flexibility index (Phi) is 14.2. The fourth-order valence-corrected chi connectivity index (χ4v) is 8.20. The summed E-state index contributed by atoms with van der Waals surface area (Å²) in [4.78, 5) is 38.4. The number of rotatable bonds is 24. The number of nitrogens with zero attached hydrogens (tertiary/aromatic N) is 6. The quantitative estimate of drug-likeness (QED) is 0.0545. The largest absolute Gasteiger partial charge is 0.485 e. The highest BCUT2D eigenvalue weighted by Gasteiger charge is 2.37. The van der Waals surface area contributed by atoms with Gasteiger partial charge in [-0.1, -0.05) is 150 Å². The maximum atomic E-state index is 6.59. The van der Waals surface area contributed by atoms with Crippen LogP contribution in [0.1, 0.15) is 0 Å². The van der Waals surface area contributed by atoms with Gasteiger partial charge in [0.2, 0.25) is 23.0 Å². The first kappa shape index (κ1) is 47.6. The van der Waals surface area contributed by atoms with Gasteiger partial charge in [-0.3, -0.25) is 0 Å². The number of hydrogen-bond donors (Lipinski definition) is 2. The van der Waals surface area contributed by atoms with Crippen LogP contribution in [0.2, 0.25) is 0 Å². The topological polar surface area (TPSA) is 183 Å². The summed E-state index contributed by atoms with van der Waals surface area (Å²) in [5, 5.41) is 2.28. The van der Waals surface area contributed by atoms with Crippen molar-refractivity contribution < 1.29 is 37.9 Å². The van der Waals surface area contributed by atoms with Crippen molar-refractivity contribution in [3.05, 3.63) is 150 Å². The van der Waals surface area contributed by atoms with Crippen molar-refractivity contribution in [3.8, 4) is 91.5 Å². The third kappa shape index (κ3) is 8.76. The average molecular weight is 963 g/mol. The molecule has 7 aromatic rings. The Bertz CT molecular complexity index is 3520. The number of H-pyrrole nitrogens is 2. The van der Waals surface area contributed by atoms with Crippen molar-refractivity contribution in [2.24, 2.45) is 0 Å². The molecule has 0 amide bonds. The zero-order valence-corrected chi connectivity index (χ0v) is 39.5. The Morgan fingerprint density at radius 2 is 0.597 bits per heavy atom. The summed E-state index contributed by atoms with van der Waals surface area (Å²) in [5.74, 6) is 2.62. The number of fused-ring (bicyclic) bond motifs is 20. The lowest BCUT2D eigenvalue weighted by molar-refractivity contribution is 0.264. The molecular formula is C56H50N8O8. The average Bonchev–Trinajstić information content (AvgIpc) is 4.14. The molecule has 0 saturated heterocycles. The molecule has 16 nitrogen and oxygen atoms in total. The minimum Gasteiger partial charge on any atom is -0.485 e. The van der Waals surface area contributed by atoms with Crippen LogP contribution in [0.15, 0.2) is 150 Å². The van der Waals surface area contributed by atoms with E-state index in [0.29, 0.717) is 44.8 Å². The van der Waals surface area contributed by atoms with Crippen molar-refractivity contribution >= 4 is 44.1 Å². The lowest BCUT2D eigenvalue weighted by atomic mass is 10.0. The molecule has 4 aromatic carbocycles. The summed E-state index contributed by atoms with van der Waals surface area (Å²) in [6, 6.07) is 15.5. The Balaban J connectivity index is 1.58. The number of benzene rings is 4. The van der Waals surface area contributed by atoms with E-state index in [9.17, 15) is 0 Å². The molecule has 0 aliphatic carbocycles. The molecule has 0 atom stereocenters. The molecule has 72 heavy (non-hydrogen) atoms. The van der Waals surface area contributed by atoms with Crippen LogP contribution in [-0.4, -0.2) is 92.7 Å². The van der Waals surface area contributed by atoms with Gasteiger partial charge in [0.15, 0.2) is 46.3 Å². The van der Waals surface area contributed by atoms with E-state index in [0.717, 1.165) is 21.9 Å². The molecule has 3 aromatic heterocycles. The van der Waals surface area contributed by atoms with E-state index in [4.69, 9.17) is 67.8 Å². The van der Waals surface area contributed by atoms with Gasteiger partial charge in [-0.2, -0.15) is 0 Å². The lowest BCUT2D eigenvalue weighted by Gasteiger charge is -2.22. The lowest BCUT2D eigenvalue weighted by Crippen LogP contribution is -2.08. The van der Waals surface area contributed by atoms with Crippen molar-refractivity contribution in [2.75, 3.05) is 52.9 Å². The van der Waals surface area contributed by atoms with Gasteiger partial charge in [0.1, 0.15) is 75.4 Å². The zero-order chi connectivity index (χ0) is 50.1. The molecule has 5 heterocycles. The van der Waals surface area contributed by atoms with Crippen LogP contribution in [0, 0.1) is 0 Å².